The quantitative estimate of drug-likeness (QED) is 0.171. The van der Waals surface area contributed by atoms with E-state index in [4.69, 9.17) is 9.47 Å². The Morgan fingerprint density at radius 3 is 2.41 bits per heavy atom. The van der Waals surface area contributed by atoms with Gasteiger partial charge < -0.3 is 9.47 Å². The Morgan fingerprint density at radius 1 is 1.06 bits per heavy atom. The lowest BCUT2D eigenvalue weighted by Crippen LogP contribution is -2.17. The van der Waals surface area contributed by atoms with E-state index in [2.05, 4.69) is 33.1 Å². The Labute approximate surface area is 206 Å². The monoisotopic (exact) mass is 576 g/mol. The van der Waals surface area contributed by atoms with Crippen molar-refractivity contribution >= 4 is 46.1 Å². The molecule has 0 atom stereocenters. The van der Waals surface area contributed by atoms with Gasteiger partial charge in [0.2, 0.25) is 0 Å². The maximum Gasteiger partial charge on any atom is 0.271 e. The molecule has 3 rings (SSSR count). The summed E-state index contributed by atoms with van der Waals surface area (Å²) in [7, 11) is 1.48. The molecule has 0 radical (unpaired) electrons. The third-order valence-electron chi connectivity index (χ3n) is 4.48. The fourth-order valence-corrected chi connectivity index (χ4v) is 3.60. The smallest absolute Gasteiger partial charge is 0.271 e. The summed E-state index contributed by atoms with van der Waals surface area (Å²) in [5.74, 6) is 0.323. The molecule has 0 saturated carbocycles. The number of nitrogens with zero attached hydrogens (tertiary/aromatic N) is 3. The highest BCUT2D eigenvalue weighted by Gasteiger charge is 2.13. The van der Waals surface area contributed by atoms with Crippen molar-refractivity contribution in [2.24, 2.45) is 5.10 Å². The van der Waals surface area contributed by atoms with E-state index in [1.54, 1.807) is 24.3 Å². The summed E-state index contributed by atoms with van der Waals surface area (Å²) in [6.45, 7) is 0.178. The van der Waals surface area contributed by atoms with Crippen LogP contribution < -0.4 is 14.9 Å². The fraction of sp³-hybridized carbons (Fsp3) is 0.0909. The number of hydrogen-bond donors (Lipinski definition) is 1. The second-order valence-electron chi connectivity index (χ2n) is 6.75. The van der Waals surface area contributed by atoms with Crippen LogP contribution in [0.15, 0.2) is 65.8 Å². The predicted molar refractivity (Wildman–Crippen MR) is 131 cm³/mol. The number of nitro benzene ring substituents is 2. The molecule has 3 aromatic carbocycles. The molecule has 34 heavy (non-hydrogen) atoms. The van der Waals surface area contributed by atoms with Crippen LogP contribution in [-0.4, -0.2) is 29.1 Å². The molecule has 1 N–H and O–H groups in total. The first-order valence-corrected chi connectivity index (χ1v) is 10.7. The molecule has 0 aromatic heterocycles. The number of nitro groups is 2. The number of rotatable bonds is 9. The van der Waals surface area contributed by atoms with Gasteiger partial charge in [0.25, 0.3) is 17.3 Å². The standard InChI is InChI=1S/C22H17IN4O7/c1-33-20-10-15(12-24-25-22(28)16-3-2-4-18(11-16)27(31)32)9-19(23)21(20)34-13-14-5-7-17(8-6-14)26(29)30/h2-12H,13H2,1H3,(H,25,28)/b24-12+. The van der Waals surface area contributed by atoms with Crippen molar-refractivity contribution in [3.63, 3.8) is 0 Å². The van der Waals surface area contributed by atoms with Gasteiger partial charge in [-0.3, -0.25) is 25.0 Å². The van der Waals surface area contributed by atoms with E-state index < -0.39 is 15.8 Å². The summed E-state index contributed by atoms with van der Waals surface area (Å²) in [6, 6.07) is 14.8. The number of amides is 1. The van der Waals surface area contributed by atoms with Gasteiger partial charge in [0.05, 0.1) is 26.7 Å². The van der Waals surface area contributed by atoms with E-state index in [0.717, 1.165) is 11.6 Å². The Bertz CT molecular complexity index is 1260. The predicted octanol–water partition coefficient (Wildman–Crippen LogP) is 4.46. The van der Waals surface area contributed by atoms with Crippen LogP contribution in [0, 0.1) is 23.8 Å². The number of non-ortho nitro benzene ring substituents is 2. The second kappa shape index (κ2) is 11.2. The van der Waals surface area contributed by atoms with Crippen LogP contribution in [0.3, 0.4) is 0 Å². The Morgan fingerprint density at radius 2 is 1.76 bits per heavy atom. The lowest BCUT2D eigenvalue weighted by atomic mass is 10.2. The van der Waals surface area contributed by atoms with Crippen molar-refractivity contribution in [2.45, 2.75) is 6.61 Å². The normalized spacial score (nSPS) is 10.6. The van der Waals surface area contributed by atoms with Gasteiger partial charge in [0.1, 0.15) is 6.61 Å². The van der Waals surface area contributed by atoms with Gasteiger partial charge in [-0.25, -0.2) is 5.43 Å². The Balaban J connectivity index is 1.68. The molecular weight excluding hydrogens is 559 g/mol. The molecule has 0 aliphatic carbocycles. The third-order valence-corrected chi connectivity index (χ3v) is 5.28. The van der Waals surface area contributed by atoms with E-state index in [-0.39, 0.29) is 23.5 Å². The summed E-state index contributed by atoms with van der Waals surface area (Å²) in [5, 5.41) is 25.5. The van der Waals surface area contributed by atoms with Crippen molar-refractivity contribution < 1.29 is 24.1 Å². The van der Waals surface area contributed by atoms with Crippen LogP contribution in [0.5, 0.6) is 11.5 Å². The molecule has 174 valence electrons. The number of carbonyl (C=O) groups excluding carboxylic acids is 1. The molecule has 0 spiro atoms. The number of methoxy groups -OCH3 is 1. The highest BCUT2D eigenvalue weighted by atomic mass is 127. The van der Waals surface area contributed by atoms with E-state index in [1.807, 2.05) is 0 Å². The van der Waals surface area contributed by atoms with Gasteiger partial charge in [-0.15, -0.1) is 0 Å². The molecular formula is C22H17IN4O7. The highest BCUT2D eigenvalue weighted by Crippen LogP contribution is 2.34. The summed E-state index contributed by atoms with van der Waals surface area (Å²) in [4.78, 5) is 32.8. The number of hydrogen-bond acceptors (Lipinski definition) is 8. The molecule has 0 fully saturated rings. The van der Waals surface area contributed by atoms with E-state index in [1.165, 1.54) is 43.7 Å². The molecule has 0 aliphatic heterocycles. The zero-order valence-corrected chi connectivity index (χ0v) is 19.8. The Hall–Kier alpha value is -4.07. The molecule has 3 aromatic rings. The third kappa shape index (κ3) is 6.25. The van der Waals surface area contributed by atoms with Crippen molar-refractivity contribution in [3.05, 3.63) is 101 Å². The SMILES string of the molecule is COc1cc(/C=N/NC(=O)c2cccc([N+](=O)[O-])c2)cc(I)c1OCc1ccc([N+](=O)[O-])cc1. The van der Waals surface area contributed by atoms with Crippen LogP contribution in [-0.2, 0) is 6.61 Å². The van der Waals surface area contributed by atoms with Gasteiger partial charge in [-0.05, 0) is 64.0 Å². The first-order chi connectivity index (χ1) is 16.3. The number of carbonyl (C=O) groups is 1. The number of ether oxygens (including phenoxy) is 2. The zero-order chi connectivity index (χ0) is 24.7. The molecule has 0 aliphatic rings. The summed E-state index contributed by atoms with van der Waals surface area (Å²) in [5.41, 5.74) is 3.60. The van der Waals surface area contributed by atoms with Gasteiger partial charge in [0, 0.05) is 29.8 Å². The van der Waals surface area contributed by atoms with E-state index >= 15 is 0 Å². The maximum atomic E-state index is 12.2. The van der Waals surface area contributed by atoms with E-state index in [0.29, 0.717) is 20.6 Å². The number of nitrogens with one attached hydrogen (secondary N) is 1. The fourth-order valence-electron chi connectivity index (χ4n) is 2.81. The van der Waals surface area contributed by atoms with Crippen LogP contribution in [0.25, 0.3) is 0 Å². The summed E-state index contributed by atoms with van der Waals surface area (Å²) < 4.78 is 12.0. The molecule has 0 saturated heterocycles. The largest absolute Gasteiger partial charge is 0.493 e. The first-order valence-electron chi connectivity index (χ1n) is 9.60. The number of hydrazone groups is 1. The van der Waals surface area contributed by atoms with Crippen LogP contribution in [0.2, 0.25) is 0 Å². The molecule has 1 amide bonds. The minimum Gasteiger partial charge on any atom is -0.493 e. The lowest BCUT2D eigenvalue weighted by Gasteiger charge is -2.13. The average Bonchev–Trinajstić information content (AvgIpc) is 2.83. The minimum atomic E-state index is -0.593. The van der Waals surface area contributed by atoms with Crippen molar-refractivity contribution in [1.29, 1.82) is 0 Å². The van der Waals surface area contributed by atoms with Gasteiger partial charge >= 0.3 is 0 Å². The summed E-state index contributed by atoms with van der Waals surface area (Å²) >= 11 is 2.07. The molecule has 12 heteroatoms. The topological polar surface area (TPSA) is 146 Å². The molecule has 0 bridgehead atoms. The van der Waals surface area contributed by atoms with Crippen LogP contribution in [0.1, 0.15) is 21.5 Å². The average molecular weight is 576 g/mol. The van der Waals surface area contributed by atoms with Gasteiger partial charge in [0.15, 0.2) is 11.5 Å². The van der Waals surface area contributed by atoms with Gasteiger partial charge in [-0.2, -0.15) is 5.10 Å². The lowest BCUT2D eigenvalue weighted by molar-refractivity contribution is -0.385. The van der Waals surface area contributed by atoms with Crippen LogP contribution >= 0.6 is 22.6 Å². The highest BCUT2D eigenvalue weighted by molar-refractivity contribution is 14.1. The Kier molecular flexibility index (Phi) is 8.08. The molecule has 11 nitrogen and oxygen atoms in total. The van der Waals surface area contributed by atoms with Gasteiger partial charge in [-0.1, -0.05) is 6.07 Å². The zero-order valence-electron chi connectivity index (χ0n) is 17.6. The van der Waals surface area contributed by atoms with Crippen molar-refractivity contribution in [2.75, 3.05) is 7.11 Å². The molecule has 0 heterocycles. The number of benzene rings is 3. The maximum absolute atomic E-state index is 12.2. The summed E-state index contributed by atoms with van der Waals surface area (Å²) in [6.07, 6.45) is 1.40. The molecule has 0 unspecified atom stereocenters. The van der Waals surface area contributed by atoms with Crippen LogP contribution in [0.4, 0.5) is 11.4 Å². The van der Waals surface area contributed by atoms with Crippen molar-refractivity contribution in [1.82, 2.24) is 5.43 Å². The number of halogens is 1. The minimum absolute atomic E-state index is 0.00266. The van der Waals surface area contributed by atoms with Crippen molar-refractivity contribution in [3.8, 4) is 11.5 Å². The first kappa shape index (κ1) is 24.6. The van der Waals surface area contributed by atoms with E-state index in [9.17, 15) is 25.0 Å². The second-order valence-corrected chi connectivity index (χ2v) is 7.92.